The quantitative estimate of drug-likeness (QED) is 0.891. The highest BCUT2D eigenvalue weighted by molar-refractivity contribution is 5.93. The predicted octanol–water partition coefficient (Wildman–Crippen LogP) is 3.09. The van der Waals surface area contributed by atoms with Gasteiger partial charge in [0.25, 0.3) is 5.91 Å². The van der Waals surface area contributed by atoms with Gasteiger partial charge in [-0.1, -0.05) is 35.9 Å². The number of rotatable bonds is 5. The lowest BCUT2D eigenvalue weighted by atomic mass is 10.1. The maximum Gasteiger partial charge on any atom is 0.262 e. The van der Waals surface area contributed by atoms with Gasteiger partial charge in [0.05, 0.1) is 0 Å². The van der Waals surface area contributed by atoms with Crippen LogP contribution >= 0.6 is 0 Å². The number of benzene rings is 2. The minimum absolute atomic E-state index is 0.0379. The summed E-state index contributed by atoms with van der Waals surface area (Å²) in [5.74, 6) is 0.472. The molecule has 0 bridgehead atoms. The van der Waals surface area contributed by atoms with Gasteiger partial charge in [-0.3, -0.25) is 4.79 Å². The fourth-order valence-electron chi connectivity index (χ4n) is 2.51. The lowest BCUT2D eigenvalue weighted by Gasteiger charge is -2.14. The van der Waals surface area contributed by atoms with Gasteiger partial charge in [-0.25, -0.2) is 0 Å². The Labute approximate surface area is 131 Å². The van der Waals surface area contributed by atoms with E-state index in [1.807, 2.05) is 57.2 Å². The van der Waals surface area contributed by atoms with Crippen molar-refractivity contribution in [2.45, 2.75) is 27.3 Å². The van der Waals surface area contributed by atoms with Crippen LogP contribution in [0.15, 0.2) is 36.4 Å². The van der Waals surface area contributed by atoms with Gasteiger partial charge in [-0.2, -0.15) is 0 Å². The van der Waals surface area contributed by atoms with Gasteiger partial charge in [-0.15, -0.1) is 0 Å². The zero-order valence-corrected chi connectivity index (χ0v) is 13.3. The van der Waals surface area contributed by atoms with E-state index in [1.54, 1.807) is 0 Å². The summed E-state index contributed by atoms with van der Waals surface area (Å²) in [5.41, 5.74) is 10.7. The van der Waals surface area contributed by atoms with Gasteiger partial charge in [0, 0.05) is 17.8 Å². The molecule has 0 aliphatic heterocycles. The van der Waals surface area contributed by atoms with Crippen molar-refractivity contribution in [3.05, 3.63) is 58.7 Å². The number of hydrogen-bond donors (Lipinski definition) is 2. The second-order valence-corrected chi connectivity index (χ2v) is 5.42. The molecular weight excluding hydrogens is 276 g/mol. The lowest BCUT2D eigenvalue weighted by Crippen LogP contribution is -2.21. The number of aryl methyl sites for hydroxylation is 3. The molecule has 4 heteroatoms. The standard InChI is InChI=1S/C18H22N2O2/c1-12-8-13(2)18(14(3)9-12)20-17(21)11-22-16-7-5-4-6-15(16)10-19/h4-9H,10-11,19H2,1-3H3,(H,20,21). The Morgan fingerprint density at radius 3 is 2.41 bits per heavy atom. The van der Waals surface area contributed by atoms with Crippen molar-refractivity contribution in [3.8, 4) is 5.75 Å². The van der Waals surface area contributed by atoms with Crippen molar-refractivity contribution in [1.29, 1.82) is 0 Å². The molecule has 22 heavy (non-hydrogen) atoms. The molecule has 0 aromatic heterocycles. The Hall–Kier alpha value is -2.33. The Morgan fingerprint density at radius 1 is 1.14 bits per heavy atom. The first-order valence-corrected chi connectivity index (χ1v) is 7.29. The van der Waals surface area contributed by atoms with E-state index in [0.29, 0.717) is 12.3 Å². The molecule has 0 saturated carbocycles. The highest BCUT2D eigenvalue weighted by Gasteiger charge is 2.10. The van der Waals surface area contributed by atoms with Crippen LogP contribution in [-0.2, 0) is 11.3 Å². The van der Waals surface area contributed by atoms with E-state index in [0.717, 1.165) is 22.4 Å². The number of nitrogens with two attached hydrogens (primary N) is 1. The maximum absolute atomic E-state index is 12.1. The van der Waals surface area contributed by atoms with Crippen LogP contribution in [0.5, 0.6) is 5.75 Å². The summed E-state index contributed by atoms with van der Waals surface area (Å²) in [5, 5.41) is 2.92. The molecule has 116 valence electrons. The Bertz CT molecular complexity index is 658. The van der Waals surface area contributed by atoms with E-state index < -0.39 is 0 Å². The van der Waals surface area contributed by atoms with Gasteiger partial charge in [-0.05, 0) is 38.0 Å². The molecule has 4 nitrogen and oxygen atoms in total. The van der Waals surface area contributed by atoms with E-state index >= 15 is 0 Å². The van der Waals surface area contributed by atoms with Crippen LogP contribution in [0, 0.1) is 20.8 Å². The second-order valence-electron chi connectivity index (χ2n) is 5.42. The largest absolute Gasteiger partial charge is 0.483 e. The highest BCUT2D eigenvalue weighted by Crippen LogP contribution is 2.22. The molecule has 0 atom stereocenters. The fraction of sp³-hybridized carbons (Fsp3) is 0.278. The van der Waals surface area contributed by atoms with Crippen LogP contribution in [0.1, 0.15) is 22.3 Å². The first kappa shape index (κ1) is 16.0. The third-order valence-corrected chi connectivity index (χ3v) is 3.49. The van der Waals surface area contributed by atoms with Crippen molar-refractivity contribution in [2.75, 3.05) is 11.9 Å². The molecule has 0 radical (unpaired) electrons. The van der Waals surface area contributed by atoms with E-state index in [2.05, 4.69) is 5.32 Å². The summed E-state index contributed by atoms with van der Waals surface area (Å²) in [6.07, 6.45) is 0. The number of carbonyl (C=O) groups is 1. The van der Waals surface area contributed by atoms with Gasteiger partial charge in [0.2, 0.25) is 0 Å². The van der Waals surface area contributed by atoms with Crippen molar-refractivity contribution in [3.63, 3.8) is 0 Å². The summed E-state index contributed by atoms with van der Waals surface area (Å²) in [6.45, 7) is 6.36. The van der Waals surface area contributed by atoms with Crippen molar-refractivity contribution < 1.29 is 9.53 Å². The van der Waals surface area contributed by atoms with Crippen LogP contribution < -0.4 is 15.8 Å². The summed E-state index contributed by atoms with van der Waals surface area (Å²) >= 11 is 0. The zero-order chi connectivity index (χ0) is 16.1. The predicted molar refractivity (Wildman–Crippen MR) is 89.1 cm³/mol. The maximum atomic E-state index is 12.1. The SMILES string of the molecule is Cc1cc(C)c(NC(=O)COc2ccccc2CN)c(C)c1. The summed E-state index contributed by atoms with van der Waals surface area (Å²) in [4.78, 5) is 12.1. The van der Waals surface area contributed by atoms with Crippen LogP contribution in [0.4, 0.5) is 5.69 Å². The molecular formula is C18H22N2O2. The van der Waals surface area contributed by atoms with Gasteiger partial charge < -0.3 is 15.8 Å². The van der Waals surface area contributed by atoms with Crippen LogP contribution in [-0.4, -0.2) is 12.5 Å². The molecule has 2 rings (SSSR count). The normalized spacial score (nSPS) is 10.4. The first-order valence-electron chi connectivity index (χ1n) is 7.29. The molecule has 0 saturated heterocycles. The van der Waals surface area contributed by atoms with Crippen LogP contribution in [0.2, 0.25) is 0 Å². The minimum Gasteiger partial charge on any atom is -0.483 e. The number of para-hydroxylation sites is 1. The third kappa shape index (κ3) is 3.86. The van der Waals surface area contributed by atoms with Crippen molar-refractivity contribution in [2.24, 2.45) is 5.73 Å². The average Bonchev–Trinajstić information content (AvgIpc) is 2.49. The summed E-state index contributed by atoms with van der Waals surface area (Å²) in [6, 6.07) is 11.6. The van der Waals surface area contributed by atoms with Gasteiger partial charge in [0.15, 0.2) is 6.61 Å². The highest BCUT2D eigenvalue weighted by atomic mass is 16.5. The number of amides is 1. The fourth-order valence-corrected chi connectivity index (χ4v) is 2.51. The molecule has 2 aromatic carbocycles. The molecule has 2 aromatic rings. The second kappa shape index (κ2) is 7.09. The molecule has 0 unspecified atom stereocenters. The van der Waals surface area contributed by atoms with Crippen molar-refractivity contribution >= 4 is 11.6 Å². The molecule has 0 fully saturated rings. The minimum atomic E-state index is -0.179. The van der Waals surface area contributed by atoms with Crippen LogP contribution in [0.3, 0.4) is 0 Å². The Kier molecular flexibility index (Phi) is 5.17. The van der Waals surface area contributed by atoms with Crippen LogP contribution in [0.25, 0.3) is 0 Å². The first-order chi connectivity index (χ1) is 10.5. The van der Waals surface area contributed by atoms with E-state index in [-0.39, 0.29) is 12.5 Å². The molecule has 0 aliphatic rings. The smallest absolute Gasteiger partial charge is 0.262 e. The number of anilines is 1. The summed E-state index contributed by atoms with van der Waals surface area (Å²) in [7, 11) is 0. The van der Waals surface area contributed by atoms with Crippen molar-refractivity contribution in [1.82, 2.24) is 0 Å². The Morgan fingerprint density at radius 2 is 1.77 bits per heavy atom. The number of hydrogen-bond acceptors (Lipinski definition) is 3. The number of ether oxygens (including phenoxy) is 1. The van der Waals surface area contributed by atoms with E-state index in [1.165, 1.54) is 5.56 Å². The topological polar surface area (TPSA) is 64.3 Å². The van der Waals surface area contributed by atoms with E-state index in [9.17, 15) is 4.79 Å². The average molecular weight is 298 g/mol. The molecule has 3 N–H and O–H groups in total. The van der Waals surface area contributed by atoms with E-state index in [4.69, 9.17) is 10.5 Å². The number of carbonyl (C=O) groups excluding carboxylic acids is 1. The molecule has 0 aliphatic carbocycles. The molecule has 1 amide bonds. The third-order valence-electron chi connectivity index (χ3n) is 3.49. The van der Waals surface area contributed by atoms with Gasteiger partial charge in [0.1, 0.15) is 5.75 Å². The molecule has 0 spiro atoms. The monoisotopic (exact) mass is 298 g/mol. The number of nitrogens with one attached hydrogen (secondary N) is 1. The summed E-state index contributed by atoms with van der Waals surface area (Å²) < 4.78 is 5.57. The van der Waals surface area contributed by atoms with Gasteiger partial charge >= 0.3 is 0 Å². The zero-order valence-electron chi connectivity index (χ0n) is 13.3. The lowest BCUT2D eigenvalue weighted by molar-refractivity contribution is -0.118. The Balaban J connectivity index is 2.02. The molecule has 0 heterocycles.